The molecule has 1 saturated heterocycles. The van der Waals surface area contributed by atoms with Gasteiger partial charge in [-0.25, -0.2) is 0 Å². The number of halogens is 1. The molecule has 0 aromatic heterocycles. The summed E-state index contributed by atoms with van der Waals surface area (Å²) in [4.78, 5) is 2.60. The first-order valence-corrected chi connectivity index (χ1v) is 7.82. The monoisotopic (exact) mass is 191 g/mol. The summed E-state index contributed by atoms with van der Waals surface area (Å²) >= 11 is 5.85. The number of piperidine rings is 1. The van der Waals surface area contributed by atoms with Crippen LogP contribution in [0.4, 0.5) is 0 Å². The van der Waals surface area contributed by atoms with Crippen molar-refractivity contribution in [2.75, 3.05) is 12.7 Å². The normalized spacial score (nSPS) is 28.4. The number of hydrogen-bond acceptors (Lipinski definition) is 1. The molecule has 0 bridgehead atoms. The van der Waals surface area contributed by atoms with Gasteiger partial charge in [0.2, 0.25) is 0 Å². The van der Waals surface area contributed by atoms with Crippen molar-refractivity contribution < 1.29 is 0 Å². The molecule has 0 aromatic carbocycles. The molecular weight excluding hydrogens is 174 g/mol. The molecule has 0 amide bonds. The lowest BCUT2D eigenvalue weighted by Crippen LogP contribution is -2.40. The summed E-state index contributed by atoms with van der Waals surface area (Å²) in [5.41, 5.74) is 0. The van der Waals surface area contributed by atoms with Crippen molar-refractivity contribution in [2.45, 2.75) is 38.6 Å². The Bertz CT molecular complexity index is 108. The van der Waals surface area contributed by atoms with Crippen LogP contribution in [-0.4, -0.2) is 32.5 Å². The van der Waals surface area contributed by atoms with Gasteiger partial charge in [-0.15, -0.1) is 0 Å². The molecular formula is C8H18ClNSi. The Hall–Kier alpha value is 0.467. The molecule has 1 nitrogen and oxygen atoms in total. The van der Waals surface area contributed by atoms with E-state index in [4.69, 9.17) is 11.1 Å². The van der Waals surface area contributed by atoms with Gasteiger partial charge in [-0.2, -0.15) is 11.1 Å². The predicted molar refractivity (Wildman–Crippen MR) is 53.9 cm³/mol. The first kappa shape index (κ1) is 9.55. The van der Waals surface area contributed by atoms with Crippen LogP contribution in [0.3, 0.4) is 0 Å². The van der Waals surface area contributed by atoms with Gasteiger partial charge >= 0.3 is 0 Å². The van der Waals surface area contributed by atoms with Crippen LogP contribution >= 0.6 is 11.1 Å². The fourth-order valence-electron chi connectivity index (χ4n) is 1.93. The summed E-state index contributed by atoms with van der Waals surface area (Å²) in [6.45, 7) is 3.59. The molecule has 1 aliphatic rings. The van der Waals surface area contributed by atoms with Crippen molar-refractivity contribution in [3.05, 3.63) is 0 Å². The summed E-state index contributed by atoms with van der Waals surface area (Å²) < 4.78 is 0. The molecule has 1 aliphatic heterocycles. The van der Waals surface area contributed by atoms with Crippen LogP contribution in [-0.2, 0) is 0 Å². The second-order valence-electron chi connectivity index (χ2n) is 3.28. The maximum atomic E-state index is 5.85. The minimum atomic E-state index is -0.274. The average Bonchev–Trinajstić information content (AvgIpc) is 2.06. The minimum Gasteiger partial charge on any atom is -0.302 e. The molecule has 3 heteroatoms. The van der Waals surface area contributed by atoms with Gasteiger partial charge in [0, 0.05) is 12.2 Å². The quantitative estimate of drug-likeness (QED) is 0.483. The Kier molecular flexibility index (Phi) is 4.49. The zero-order valence-corrected chi connectivity index (χ0v) is 9.52. The third kappa shape index (κ3) is 2.77. The number of likely N-dealkylation sites (tertiary alicyclic amines) is 1. The molecule has 1 atom stereocenters. The van der Waals surface area contributed by atoms with Crippen LogP contribution in [0, 0.1) is 0 Å². The molecule has 11 heavy (non-hydrogen) atoms. The maximum absolute atomic E-state index is 5.85. The Labute approximate surface area is 76.6 Å². The fraction of sp³-hybridized carbons (Fsp3) is 1.00. The molecule has 1 unspecified atom stereocenters. The van der Waals surface area contributed by atoms with Crippen molar-refractivity contribution in [1.29, 1.82) is 0 Å². The first-order chi connectivity index (χ1) is 5.38. The SMILES string of the molecule is CCC1CCCCN1C[SiH2]Cl. The highest BCUT2D eigenvalue weighted by molar-refractivity contribution is 6.93. The van der Waals surface area contributed by atoms with Gasteiger partial charge in [0.05, 0.1) is 0 Å². The Morgan fingerprint density at radius 1 is 1.55 bits per heavy atom. The topological polar surface area (TPSA) is 3.24 Å². The van der Waals surface area contributed by atoms with Gasteiger partial charge in [-0.05, 0) is 25.8 Å². The molecule has 0 N–H and O–H groups in total. The zero-order valence-electron chi connectivity index (χ0n) is 7.35. The van der Waals surface area contributed by atoms with Crippen molar-refractivity contribution in [3.63, 3.8) is 0 Å². The van der Waals surface area contributed by atoms with Crippen LogP contribution in [0.5, 0.6) is 0 Å². The van der Waals surface area contributed by atoms with E-state index >= 15 is 0 Å². The predicted octanol–water partition coefficient (Wildman–Crippen LogP) is 1.53. The van der Waals surface area contributed by atoms with Crippen LogP contribution in [0.1, 0.15) is 32.6 Å². The van der Waals surface area contributed by atoms with Crippen molar-refractivity contribution in [1.82, 2.24) is 4.90 Å². The zero-order chi connectivity index (χ0) is 8.10. The summed E-state index contributed by atoms with van der Waals surface area (Å²) in [5, 5.41) is 0. The van der Waals surface area contributed by atoms with E-state index in [1.165, 1.54) is 38.4 Å². The van der Waals surface area contributed by atoms with E-state index in [0.717, 1.165) is 6.04 Å². The molecule has 66 valence electrons. The number of rotatable bonds is 3. The molecule has 0 aliphatic carbocycles. The smallest absolute Gasteiger partial charge is 0.139 e. The van der Waals surface area contributed by atoms with Crippen molar-refractivity contribution in [3.8, 4) is 0 Å². The highest BCUT2D eigenvalue weighted by atomic mass is 35.6. The summed E-state index contributed by atoms with van der Waals surface area (Å²) in [6, 6.07) is 0.856. The molecule has 1 heterocycles. The van der Waals surface area contributed by atoms with Gasteiger partial charge in [0.15, 0.2) is 0 Å². The molecule has 0 radical (unpaired) electrons. The number of hydrogen-bond donors (Lipinski definition) is 0. The Morgan fingerprint density at radius 2 is 2.36 bits per heavy atom. The van der Waals surface area contributed by atoms with Gasteiger partial charge < -0.3 is 4.90 Å². The third-order valence-electron chi connectivity index (χ3n) is 2.59. The lowest BCUT2D eigenvalue weighted by atomic mass is 10.0. The van der Waals surface area contributed by atoms with E-state index < -0.39 is 0 Å². The van der Waals surface area contributed by atoms with Crippen molar-refractivity contribution >= 4 is 19.9 Å². The molecule has 1 rings (SSSR count). The highest BCUT2D eigenvalue weighted by Gasteiger charge is 2.19. The minimum absolute atomic E-state index is 0.274. The van der Waals surface area contributed by atoms with E-state index in [2.05, 4.69) is 11.8 Å². The second-order valence-corrected chi connectivity index (χ2v) is 5.24. The van der Waals surface area contributed by atoms with Crippen molar-refractivity contribution in [2.24, 2.45) is 0 Å². The van der Waals surface area contributed by atoms with Gasteiger partial charge in [0.25, 0.3) is 0 Å². The molecule has 0 saturated carbocycles. The summed E-state index contributed by atoms with van der Waals surface area (Å²) in [5.74, 6) is 0. The summed E-state index contributed by atoms with van der Waals surface area (Å²) in [6.07, 6.45) is 6.76. The van der Waals surface area contributed by atoms with Crippen LogP contribution < -0.4 is 0 Å². The van der Waals surface area contributed by atoms with E-state index in [1.54, 1.807) is 0 Å². The molecule has 1 fully saturated rings. The fourth-order valence-corrected chi connectivity index (χ4v) is 3.38. The Balaban J connectivity index is 2.31. The van der Waals surface area contributed by atoms with Crippen LogP contribution in [0.15, 0.2) is 0 Å². The van der Waals surface area contributed by atoms with Crippen LogP contribution in [0.25, 0.3) is 0 Å². The molecule has 0 spiro atoms. The Morgan fingerprint density at radius 3 is 3.00 bits per heavy atom. The van der Waals surface area contributed by atoms with Crippen LogP contribution in [0.2, 0.25) is 0 Å². The lowest BCUT2D eigenvalue weighted by molar-refractivity contribution is 0.170. The average molecular weight is 192 g/mol. The summed E-state index contributed by atoms with van der Waals surface area (Å²) in [7, 11) is -0.274. The van der Waals surface area contributed by atoms with E-state index in [-0.39, 0.29) is 8.83 Å². The molecule has 0 aromatic rings. The maximum Gasteiger partial charge on any atom is 0.139 e. The second kappa shape index (κ2) is 5.17. The number of nitrogens with zero attached hydrogens (tertiary/aromatic N) is 1. The van der Waals surface area contributed by atoms with Gasteiger partial charge in [0.1, 0.15) is 8.83 Å². The largest absolute Gasteiger partial charge is 0.302 e. The van der Waals surface area contributed by atoms with E-state index in [9.17, 15) is 0 Å². The third-order valence-corrected chi connectivity index (χ3v) is 3.84. The van der Waals surface area contributed by atoms with Gasteiger partial charge in [-0.3, -0.25) is 0 Å². The standard InChI is InChI=1S/C8H18ClNSi/c1-2-8-5-3-4-6-10(8)7-11-9/h8H,2-7,11H2,1H3. The van der Waals surface area contributed by atoms with Gasteiger partial charge in [-0.1, -0.05) is 13.3 Å². The first-order valence-electron chi connectivity index (χ1n) is 4.68. The van der Waals surface area contributed by atoms with E-state index in [1.807, 2.05) is 0 Å². The lowest BCUT2D eigenvalue weighted by Gasteiger charge is -2.34. The van der Waals surface area contributed by atoms with E-state index in [0.29, 0.717) is 0 Å². The highest BCUT2D eigenvalue weighted by Crippen LogP contribution is 2.18.